The van der Waals surface area contributed by atoms with E-state index in [0.717, 1.165) is 10.0 Å². The lowest BCUT2D eigenvalue weighted by atomic mass is 9.93. The monoisotopic (exact) mass is 339 g/mol. The van der Waals surface area contributed by atoms with Crippen LogP contribution < -0.4 is 10.5 Å². The van der Waals surface area contributed by atoms with Crippen LogP contribution in [-0.4, -0.2) is 0 Å². The van der Waals surface area contributed by atoms with Gasteiger partial charge in [0.05, 0.1) is 5.56 Å². The maximum absolute atomic E-state index is 13.8. The molecule has 0 spiro atoms. The summed E-state index contributed by atoms with van der Waals surface area (Å²) >= 11 is 3.37. The molecule has 0 amide bonds. The predicted molar refractivity (Wildman–Crippen MR) is 75.4 cm³/mol. The molecule has 0 fully saturated rings. The van der Waals surface area contributed by atoms with Gasteiger partial charge >= 0.3 is 0 Å². The molecule has 0 bridgehead atoms. The van der Waals surface area contributed by atoms with E-state index in [4.69, 9.17) is 10.5 Å². The Labute approximate surface area is 123 Å². The normalized spacial score (nSPS) is 21.2. The van der Waals surface area contributed by atoms with E-state index in [9.17, 15) is 8.78 Å². The average molecular weight is 340 g/mol. The number of ether oxygens (including phenoxy) is 1. The van der Waals surface area contributed by atoms with Gasteiger partial charge < -0.3 is 10.5 Å². The third-order valence-corrected chi connectivity index (χ3v) is 3.92. The second kappa shape index (κ2) is 5.14. The molecular formula is C15H12BrF2NO. The Bertz CT molecular complexity index is 642. The number of nitrogens with two attached hydrogens (primary N) is 1. The zero-order chi connectivity index (χ0) is 14.3. The molecule has 2 aromatic carbocycles. The van der Waals surface area contributed by atoms with E-state index in [0.29, 0.717) is 12.2 Å². The van der Waals surface area contributed by atoms with Crippen LogP contribution in [0.2, 0.25) is 0 Å². The van der Waals surface area contributed by atoms with Crippen molar-refractivity contribution >= 4 is 15.9 Å². The summed E-state index contributed by atoms with van der Waals surface area (Å²) in [6.45, 7) is 0. The summed E-state index contributed by atoms with van der Waals surface area (Å²) in [5, 5.41) is 0. The van der Waals surface area contributed by atoms with E-state index in [2.05, 4.69) is 15.9 Å². The highest BCUT2D eigenvalue weighted by Crippen LogP contribution is 2.41. The number of benzene rings is 2. The minimum absolute atomic E-state index is 0.0588. The van der Waals surface area contributed by atoms with Crippen LogP contribution in [0.25, 0.3) is 0 Å². The molecule has 3 rings (SSSR count). The zero-order valence-electron chi connectivity index (χ0n) is 10.4. The molecule has 2 nitrogen and oxygen atoms in total. The lowest BCUT2D eigenvalue weighted by molar-refractivity contribution is 0.153. The van der Waals surface area contributed by atoms with Crippen LogP contribution in [0, 0.1) is 11.6 Å². The van der Waals surface area contributed by atoms with Crippen LogP contribution in [-0.2, 0) is 0 Å². The summed E-state index contributed by atoms with van der Waals surface area (Å²) in [4.78, 5) is 0. The highest BCUT2D eigenvalue weighted by Gasteiger charge is 2.30. The molecule has 1 heterocycles. The van der Waals surface area contributed by atoms with Gasteiger partial charge in [-0.05, 0) is 30.3 Å². The Morgan fingerprint density at radius 3 is 2.55 bits per heavy atom. The fourth-order valence-corrected chi connectivity index (χ4v) is 2.85. The topological polar surface area (TPSA) is 35.2 Å². The molecule has 0 aromatic heterocycles. The first-order valence-corrected chi connectivity index (χ1v) is 7.01. The first kappa shape index (κ1) is 13.5. The standard InChI is InChI=1S/C15H12BrF2NO/c16-8-4-5-13-9(6-8)12(19)7-14(20-13)15-10(17)2-1-3-11(15)18/h1-6,12,14H,7,19H2. The van der Waals surface area contributed by atoms with E-state index in [1.54, 1.807) is 6.07 Å². The lowest BCUT2D eigenvalue weighted by Crippen LogP contribution is -2.25. The van der Waals surface area contributed by atoms with Crippen molar-refractivity contribution in [1.82, 2.24) is 0 Å². The average Bonchev–Trinajstić information content (AvgIpc) is 2.39. The van der Waals surface area contributed by atoms with Gasteiger partial charge in [-0.15, -0.1) is 0 Å². The molecule has 20 heavy (non-hydrogen) atoms. The first-order chi connectivity index (χ1) is 9.56. The summed E-state index contributed by atoms with van der Waals surface area (Å²) in [6.07, 6.45) is -0.374. The summed E-state index contributed by atoms with van der Waals surface area (Å²) in [7, 11) is 0. The molecule has 1 aliphatic rings. The second-order valence-electron chi connectivity index (χ2n) is 4.77. The van der Waals surface area contributed by atoms with E-state index >= 15 is 0 Å². The molecule has 5 heteroatoms. The van der Waals surface area contributed by atoms with E-state index < -0.39 is 17.7 Å². The van der Waals surface area contributed by atoms with Gasteiger partial charge in [0.15, 0.2) is 0 Å². The van der Waals surface area contributed by atoms with Crippen molar-refractivity contribution in [3.05, 3.63) is 63.6 Å². The highest BCUT2D eigenvalue weighted by atomic mass is 79.9. The van der Waals surface area contributed by atoms with Crippen LogP contribution in [0.1, 0.15) is 29.7 Å². The molecule has 2 atom stereocenters. The van der Waals surface area contributed by atoms with Gasteiger partial charge in [-0.25, -0.2) is 8.78 Å². The largest absolute Gasteiger partial charge is 0.485 e. The first-order valence-electron chi connectivity index (χ1n) is 6.22. The molecule has 1 aliphatic heterocycles. The Balaban J connectivity index is 2.01. The van der Waals surface area contributed by atoms with Gasteiger partial charge in [0.25, 0.3) is 0 Å². The number of hydrogen-bond acceptors (Lipinski definition) is 2. The zero-order valence-corrected chi connectivity index (χ0v) is 12.0. The van der Waals surface area contributed by atoms with Gasteiger partial charge in [0.2, 0.25) is 0 Å². The quantitative estimate of drug-likeness (QED) is 0.842. The maximum atomic E-state index is 13.8. The Morgan fingerprint density at radius 2 is 1.85 bits per heavy atom. The predicted octanol–water partition coefficient (Wildman–Crippen LogP) is 4.25. The highest BCUT2D eigenvalue weighted by molar-refractivity contribution is 9.10. The molecule has 0 saturated carbocycles. The van der Waals surface area contributed by atoms with E-state index in [-0.39, 0.29) is 11.6 Å². The van der Waals surface area contributed by atoms with Crippen LogP contribution in [0.3, 0.4) is 0 Å². The number of halogens is 3. The summed E-state index contributed by atoms with van der Waals surface area (Å²) in [5.74, 6) is -0.648. The molecule has 2 unspecified atom stereocenters. The van der Waals surface area contributed by atoms with Crippen molar-refractivity contribution in [2.45, 2.75) is 18.6 Å². The lowest BCUT2D eigenvalue weighted by Gasteiger charge is -2.31. The van der Waals surface area contributed by atoms with E-state index in [1.165, 1.54) is 18.2 Å². The van der Waals surface area contributed by atoms with Gasteiger partial charge in [-0.2, -0.15) is 0 Å². The smallest absolute Gasteiger partial charge is 0.133 e. The second-order valence-corrected chi connectivity index (χ2v) is 5.68. The van der Waals surface area contributed by atoms with Crippen molar-refractivity contribution in [2.75, 3.05) is 0 Å². The molecule has 104 valence electrons. The Morgan fingerprint density at radius 1 is 1.15 bits per heavy atom. The van der Waals surface area contributed by atoms with Gasteiger partial charge in [0, 0.05) is 22.5 Å². The molecule has 2 N–H and O–H groups in total. The van der Waals surface area contributed by atoms with Crippen LogP contribution in [0.5, 0.6) is 5.75 Å². The summed E-state index contributed by atoms with van der Waals surface area (Å²) in [6, 6.07) is 8.90. The minimum atomic E-state index is -0.708. The summed E-state index contributed by atoms with van der Waals surface area (Å²) in [5.41, 5.74) is 6.88. The van der Waals surface area contributed by atoms with Crippen molar-refractivity contribution in [3.8, 4) is 5.75 Å². The van der Waals surface area contributed by atoms with E-state index in [1.807, 2.05) is 12.1 Å². The molecule has 0 saturated heterocycles. The van der Waals surface area contributed by atoms with Gasteiger partial charge in [-0.1, -0.05) is 22.0 Å². The molecule has 0 aliphatic carbocycles. The fourth-order valence-electron chi connectivity index (χ4n) is 2.47. The Hall–Kier alpha value is -1.46. The van der Waals surface area contributed by atoms with Gasteiger partial charge in [0.1, 0.15) is 23.5 Å². The van der Waals surface area contributed by atoms with Crippen LogP contribution in [0.4, 0.5) is 8.78 Å². The molecular weight excluding hydrogens is 328 g/mol. The number of hydrogen-bond donors (Lipinski definition) is 1. The number of rotatable bonds is 1. The molecule has 0 radical (unpaired) electrons. The third kappa shape index (κ3) is 2.31. The minimum Gasteiger partial charge on any atom is -0.485 e. The summed E-state index contributed by atoms with van der Waals surface area (Å²) < 4.78 is 34.3. The Kier molecular flexibility index (Phi) is 3.48. The van der Waals surface area contributed by atoms with Crippen LogP contribution in [0.15, 0.2) is 40.9 Å². The van der Waals surface area contributed by atoms with Crippen molar-refractivity contribution in [3.63, 3.8) is 0 Å². The SMILES string of the molecule is NC1CC(c2c(F)cccc2F)Oc2ccc(Br)cc21. The van der Waals surface area contributed by atoms with Crippen molar-refractivity contribution in [1.29, 1.82) is 0 Å². The third-order valence-electron chi connectivity index (χ3n) is 3.43. The van der Waals surface area contributed by atoms with Crippen molar-refractivity contribution in [2.24, 2.45) is 5.73 Å². The maximum Gasteiger partial charge on any atom is 0.133 e. The molecule has 2 aromatic rings. The van der Waals surface area contributed by atoms with Crippen LogP contribution >= 0.6 is 15.9 Å². The number of fused-ring (bicyclic) bond motifs is 1. The fraction of sp³-hybridized carbons (Fsp3) is 0.200. The van der Waals surface area contributed by atoms with Crippen molar-refractivity contribution < 1.29 is 13.5 Å². The van der Waals surface area contributed by atoms with Gasteiger partial charge in [-0.3, -0.25) is 0 Å².